The number of benzene rings is 6. The summed E-state index contributed by atoms with van der Waals surface area (Å²) in [5, 5.41) is 2.79. The molecule has 0 aliphatic carbocycles. The van der Waals surface area contributed by atoms with Crippen molar-refractivity contribution in [3.8, 4) is 23.0 Å². The van der Waals surface area contributed by atoms with Crippen molar-refractivity contribution in [3.05, 3.63) is 150 Å². The van der Waals surface area contributed by atoms with Crippen molar-refractivity contribution < 1.29 is 39.5 Å². The van der Waals surface area contributed by atoms with Gasteiger partial charge < -0.3 is 23.2 Å². The Morgan fingerprint density at radius 3 is 1.49 bits per heavy atom. The van der Waals surface area contributed by atoms with Gasteiger partial charge in [0, 0.05) is 16.3 Å². The monoisotopic (exact) mass is 693 g/mol. The molecule has 246 valence electrons. The Bertz CT molecular complexity index is 2380. The summed E-state index contributed by atoms with van der Waals surface area (Å²) in [4.78, 5) is 11.9. The quantitative estimate of drug-likeness (QED) is 0.133. The lowest BCUT2D eigenvalue weighted by atomic mass is 10.1. The summed E-state index contributed by atoms with van der Waals surface area (Å²) >= 11 is 0. The summed E-state index contributed by atoms with van der Waals surface area (Å²) < 4.78 is 77.4. The number of anilines is 1. The molecule has 0 saturated carbocycles. The van der Waals surface area contributed by atoms with E-state index in [1.54, 1.807) is 24.3 Å². The Hall–Kier alpha value is -5.85. The van der Waals surface area contributed by atoms with E-state index < -0.39 is 35.9 Å². The van der Waals surface area contributed by atoms with E-state index in [9.17, 15) is 21.6 Å². The zero-order valence-electron chi connectivity index (χ0n) is 25.6. The molecule has 1 amide bonds. The average Bonchev–Trinajstić information content (AvgIpc) is 3.45. The van der Waals surface area contributed by atoms with E-state index in [1.807, 2.05) is 60.7 Å². The molecule has 0 aromatic heterocycles. The fourth-order valence-corrected chi connectivity index (χ4v) is 7.68. The number of rotatable bonds is 12. The van der Waals surface area contributed by atoms with Crippen molar-refractivity contribution in [2.75, 3.05) is 5.32 Å². The van der Waals surface area contributed by atoms with Crippen LogP contribution in [-0.4, -0.2) is 22.7 Å². The van der Waals surface area contributed by atoms with Gasteiger partial charge in [0.05, 0.1) is 5.69 Å². The summed E-state index contributed by atoms with van der Waals surface area (Å²) in [6.45, 7) is 0.631. The van der Waals surface area contributed by atoms with Crippen LogP contribution in [0.25, 0.3) is 10.8 Å². The largest absolute Gasteiger partial charge is 0.489 e. The Balaban J connectivity index is 1.16. The molecular formula is C37H27NO9S2. The fourth-order valence-electron chi connectivity index (χ4n) is 5.33. The van der Waals surface area contributed by atoms with Crippen LogP contribution >= 0.6 is 0 Å². The van der Waals surface area contributed by atoms with Crippen LogP contribution in [0.3, 0.4) is 0 Å². The summed E-state index contributed by atoms with van der Waals surface area (Å²) in [7, 11) is -9.33. The number of ether oxygens (including phenoxy) is 2. The molecule has 49 heavy (non-hydrogen) atoms. The molecule has 1 aliphatic heterocycles. The number of hydrogen-bond acceptors (Lipinski definition) is 9. The second kappa shape index (κ2) is 13.0. The summed E-state index contributed by atoms with van der Waals surface area (Å²) in [5.74, 6) is 0.312. The van der Waals surface area contributed by atoms with E-state index in [2.05, 4.69) is 5.32 Å². The van der Waals surface area contributed by atoms with E-state index in [4.69, 9.17) is 17.8 Å². The van der Waals surface area contributed by atoms with Crippen LogP contribution in [0, 0.1) is 0 Å². The maximum Gasteiger partial charge on any atom is 0.341 e. The number of carbonyl (C=O) groups excluding carboxylic acids is 1. The molecule has 10 nitrogen and oxygen atoms in total. The molecular weight excluding hydrogens is 667 g/mol. The van der Waals surface area contributed by atoms with Gasteiger partial charge in [0.2, 0.25) is 0 Å². The second-order valence-electron chi connectivity index (χ2n) is 11.0. The number of hydrogen-bond donors (Lipinski definition) is 1. The average molecular weight is 694 g/mol. The van der Waals surface area contributed by atoms with Gasteiger partial charge in [0.1, 0.15) is 46.0 Å². The molecule has 12 heteroatoms. The van der Waals surface area contributed by atoms with Gasteiger partial charge in [-0.2, -0.15) is 16.8 Å². The predicted octanol–water partition coefficient (Wildman–Crippen LogP) is 7.10. The van der Waals surface area contributed by atoms with Gasteiger partial charge in [-0.05, 0) is 71.8 Å². The highest BCUT2D eigenvalue weighted by Gasteiger charge is 2.35. The summed E-state index contributed by atoms with van der Waals surface area (Å²) in [5.41, 5.74) is 1.95. The first-order valence-corrected chi connectivity index (χ1v) is 17.8. The first-order chi connectivity index (χ1) is 23.7. The molecule has 6 aromatic rings. The second-order valence-corrected chi connectivity index (χ2v) is 14.0. The zero-order valence-corrected chi connectivity index (χ0v) is 27.2. The van der Waals surface area contributed by atoms with E-state index in [0.29, 0.717) is 24.7 Å². The van der Waals surface area contributed by atoms with Gasteiger partial charge in [-0.15, -0.1) is 0 Å². The summed E-state index contributed by atoms with van der Waals surface area (Å²) in [6, 6.07) is 36.4. The van der Waals surface area contributed by atoms with Crippen molar-refractivity contribution in [3.63, 3.8) is 0 Å². The van der Waals surface area contributed by atoms with Crippen molar-refractivity contribution >= 4 is 42.6 Å². The van der Waals surface area contributed by atoms with Crippen LogP contribution in [0.1, 0.15) is 21.5 Å². The van der Waals surface area contributed by atoms with Crippen LogP contribution in [-0.2, 0) is 33.5 Å². The molecule has 0 bridgehead atoms. The standard InChI is InChI=1S/C37H27NO9S2/c39-37-32-13-7-12-31-33(48(40,41)46-29-18-14-27(15-19-29)44-23-25-8-3-1-4-9-25)22-34(36(38-37)35(31)32)49(42,43)47-30-20-16-28(17-21-30)45-24-26-10-5-2-6-11-26/h1-22H,23-24H2,(H,38,39). The topological polar surface area (TPSA) is 134 Å². The number of carbonyl (C=O) groups is 1. The molecule has 7 rings (SSSR count). The first kappa shape index (κ1) is 31.7. The lowest BCUT2D eigenvalue weighted by molar-refractivity contribution is 0.103. The van der Waals surface area contributed by atoms with Gasteiger partial charge >= 0.3 is 20.2 Å². The Morgan fingerprint density at radius 1 is 0.510 bits per heavy atom. The molecule has 1 heterocycles. The number of amides is 1. The molecule has 0 atom stereocenters. The van der Waals surface area contributed by atoms with Gasteiger partial charge in [0.15, 0.2) is 0 Å². The van der Waals surface area contributed by atoms with Crippen molar-refractivity contribution in [1.82, 2.24) is 0 Å². The third-order valence-corrected chi connectivity index (χ3v) is 10.2. The lowest BCUT2D eigenvalue weighted by Crippen LogP contribution is -2.16. The molecule has 0 unspecified atom stereocenters. The highest BCUT2D eigenvalue weighted by atomic mass is 32.2. The van der Waals surface area contributed by atoms with Crippen LogP contribution in [0.4, 0.5) is 5.69 Å². The van der Waals surface area contributed by atoms with Gasteiger partial charge in [-0.3, -0.25) is 4.79 Å². The van der Waals surface area contributed by atoms with E-state index in [-0.39, 0.29) is 33.5 Å². The smallest absolute Gasteiger partial charge is 0.341 e. The van der Waals surface area contributed by atoms with Crippen molar-refractivity contribution in [1.29, 1.82) is 0 Å². The third-order valence-electron chi connectivity index (χ3n) is 7.67. The van der Waals surface area contributed by atoms with E-state index in [0.717, 1.165) is 17.2 Å². The first-order valence-electron chi connectivity index (χ1n) is 15.0. The minimum absolute atomic E-state index is 0.0280. The number of nitrogens with one attached hydrogen (secondary N) is 1. The highest BCUT2D eigenvalue weighted by Crippen LogP contribution is 2.42. The van der Waals surface area contributed by atoms with Gasteiger partial charge in [-0.1, -0.05) is 72.8 Å². The SMILES string of the molecule is O=C1Nc2c(S(=O)(=O)Oc3ccc(OCc4ccccc4)cc3)cc(S(=O)(=O)Oc3ccc(OCc4ccccc4)cc3)c3cccc1c23. The Kier molecular flexibility index (Phi) is 8.41. The minimum atomic E-state index is -4.69. The Morgan fingerprint density at radius 2 is 0.980 bits per heavy atom. The van der Waals surface area contributed by atoms with Crippen LogP contribution in [0.2, 0.25) is 0 Å². The predicted molar refractivity (Wildman–Crippen MR) is 182 cm³/mol. The lowest BCUT2D eigenvalue weighted by Gasteiger charge is -2.15. The molecule has 1 aliphatic rings. The molecule has 0 spiro atoms. The molecule has 0 saturated heterocycles. The fraction of sp³-hybridized carbons (Fsp3) is 0.0541. The Labute approximate surface area is 282 Å². The van der Waals surface area contributed by atoms with E-state index >= 15 is 0 Å². The summed E-state index contributed by atoms with van der Waals surface area (Å²) in [6.07, 6.45) is 0. The zero-order chi connectivity index (χ0) is 34.0. The highest BCUT2D eigenvalue weighted by molar-refractivity contribution is 7.88. The normalized spacial score (nSPS) is 12.4. The molecule has 0 radical (unpaired) electrons. The molecule has 1 N–H and O–H groups in total. The van der Waals surface area contributed by atoms with Crippen LogP contribution < -0.4 is 23.2 Å². The van der Waals surface area contributed by atoms with Crippen molar-refractivity contribution in [2.45, 2.75) is 23.0 Å². The maximum atomic E-state index is 13.8. The minimum Gasteiger partial charge on any atom is -0.489 e. The maximum absolute atomic E-state index is 13.8. The van der Waals surface area contributed by atoms with Crippen LogP contribution in [0.5, 0.6) is 23.0 Å². The molecule has 6 aromatic carbocycles. The van der Waals surface area contributed by atoms with Gasteiger partial charge in [0.25, 0.3) is 5.91 Å². The van der Waals surface area contributed by atoms with Crippen LogP contribution in [0.15, 0.2) is 143 Å². The third kappa shape index (κ3) is 6.77. The molecule has 0 fully saturated rings. The van der Waals surface area contributed by atoms with Crippen molar-refractivity contribution in [2.24, 2.45) is 0 Å². The van der Waals surface area contributed by atoms with E-state index in [1.165, 1.54) is 42.5 Å². The van der Waals surface area contributed by atoms with Gasteiger partial charge in [-0.25, -0.2) is 0 Å².